The van der Waals surface area contributed by atoms with E-state index < -0.39 is 31.9 Å². The topological polar surface area (TPSA) is 110 Å². The zero-order valence-corrected chi connectivity index (χ0v) is 18.0. The second-order valence-corrected chi connectivity index (χ2v) is 10.5. The number of amides is 1. The Morgan fingerprint density at radius 2 is 1.87 bits per heavy atom. The van der Waals surface area contributed by atoms with Crippen molar-refractivity contribution in [2.24, 2.45) is 5.92 Å². The maximum atomic E-state index is 13.0. The highest BCUT2D eigenvalue weighted by molar-refractivity contribution is 7.94. The third-order valence-corrected chi connectivity index (χ3v) is 8.00. The van der Waals surface area contributed by atoms with E-state index in [2.05, 4.69) is 4.72 Å². The largest absolute Gasteiger partial charge is 0.495 e. The molecule has 1 atom stereocenters. The molecule has 0 spiro atoms. The molecule has 1 aliphatic heterocycles. The Kier molecular flexibility index (Phi) is 6.16. The molecule has 162 valence electrons. The van der Waals surface area contributed by atoms with Gasteiger partial charge in [0.05, 0.1) is 24.5 Å². The lowest BCUT2D eigenvalue weighted by Gasteiger charge is -2.18. The lowest BCUT2D eigenvalue weighted by atomic mass is 10.1. The van der Waals surface area contributed by atoms with Crippen molar-refractivity contribution in [2.45, 2.75) is 18.2 Å². The van der Waals surface area contributed by atoms with Crippen LogP contribution in [0.3, 0.4) is 0 Å². The summed E-state index contributed by atoms with van der Waals surface area (Å²) in [5.74, 6) is -2.05. The van der Waals surface area contributed by atoms with Gasteiger partial charge in [-0.15, -0.1) is 0 Å². The van der Waals surface area contributed by atoms with Crippen molar-refractivity contribution in [3.8, 4) is 5.75 Å². The Labute approximate surface area is 174 Å². The Balaban J connectivity index is 1.87. The van der Waals surface area contributed by atoms with E-state index in [4.69, 9.17) is 4.74 Å². The zero-order chi connectivity index (χ0) is 22.1. The number of hydrogen-bond acceptors (Lipinski definition) is 6. The molecule has 0 aliphatic carbocycles. The molecule has 0 saturated carbocycles. The van der Waals surface area contributed by atoms with Crippen LogP contribution in [-0.2, 0) is 31.3 Å². The van der Waals surface area contributed by atoms with Crippen LogP contribution in [0.5, 0.6) is 5.75 Å². The number of methoxy groups -OCH3 is 1. The van der Waals surface area contributed by atoms with Gasteiger partial charge in [-0.2, -0.15) is 0 Å². The summed E-state index contributed by atoms with van der Waals surface area (Å²) in [7, 11) is -6.68. The summed E-state index contributed by atoms with van der Waals surface area (Å²) in [5.41, 5.74) is 0.673. The fourth-order valence-electron chi connectivity index (χ4n) is 3.15. The number of rotatable bonds is 7. The van der Waals surface area contributed by atoms with E-state index in [1.807, 2.05) is 0 Å². The number of anilines is 1. The molecule has 2 aromatic carbocycles. The first-order chi connectivity index (χ1) is 14.0. The average molecular weight is 457 g/mol. The van der Waals surface area contributed by atoms with Gasteiger partial charge in [-0.05, 0) is 42.3 Å². The number of benzene rings is 2. The van der Waals surface area contributed by atoms with E-state index in [0.29, 0.717) is 10.7 Å². The monoisotopic (exact) mass is 456 g/mol. The molecule has 1 saturated heterocycles. The van der Waals surface area contributed by atoms with E-state index in [1.165, 1.54) is 38.3 Å². The van der Waals surface area contributed by atoms with Gasteiger partial charge in [-0.1, -0.05) is 19.1 Å². The van der Waals surface area contributed by atoms with E-state index in [9.17, 15) is 26.0 Å². The van der Waals surface area contributed by atoms with Gasteiger partial charge in [0.25, 0.3) is 0 Å². The second-order valence-electron chi connectivity index (χ2n) is 6.89. The predicted octanol–water partition coefficient (Wildman–Crippen LogP) is 1.67. The zero-order valence-electron chi connectivity index (χ0n) is 16.3. The third-order valence-electron chi connectivity index (χ3n) is 4.65. The number of ether oxygens (including phenoxy) is 1. The van der Waals surface area contributed by atoms with Crippen LogP contribution in [0.2, 0.25) is 0 Å². The van der Waals surface area contributed by atoms with Crippen LogP contribution in [-0.4, -0.2) is 42.2 Å². The van der Waals surface area contributed by atoms with Crippen molar-refractivity contribution in [1.29, 1.82) is 0 Å². The van der Waals surface area contributed by atoms with Gasteiger partial charge in [-0.25, -0.2) is 30.3 Å². The van der Waals surface area contributed by atoms with Crippen LogP contribution in [0.4, 0.5) is 10.1 Å². The minimum atomic E-state index is -4.08. The van der Waals surface area contributed by atoms with Crippen molar-refractivity contribution in [1.82, 2.24) is 4.72 Å². The summed E-state index contributed by atoms with van der Waals surface area (Å²) in [6, 6.07) is 9.40. The van der Waals surface area contributed by atoms with Gasteiger partial charge in [-0.3, -0.25) is 4.79 Å². The Hall–Kier alpha value is -2.50. The molecule has 8 nitrogen and oxygen atoms in total. The fourth-order valence-corrected chi connectivity index (χ4v) is 6.18. The van der Waals surface area contributed by atoms with Gasteiger partial charge >= 0.3 is 0 Å². The highest BCUT2D eigenvalue weighted by atomic mass is 32.2. The van der Waals surface area contributed by atoms with Crippen LogP contribution in [0.1, 0.15) is 12.5 Å². The number of sulfonamides is 2. The summed E-state index contributed by atoms with van der Waals surface area (Å²) in [6.45, 7) is 1.53. The fraction of sp³-hybridized carbons (Fsp3) is 0.316. The van der Waals surface area contributed by atoms with Crippen LogP contribution in [0.15, 0.2) is 47.4 Å². The molecule has 3 rings (SSSR count). The van der Waals surface area contributed by atoms with E-state index in [-0.39, 0.29) is 34.4 Å². The quantitative estimate of drug-likeness (QED) is 0.679. The number of hydrogen-bond donors (Lipinski definition) is 1. The predicted molar refractivity (Wildman–Crippen MR) is 109 cm³/mol. The first-order valence-electron chi connectivity index (χ1n) is 9.04. The van der Waals surface area contributed by atoms with Crippen LogP contribution >= 0.6 is 0 Å². The van der Waals surface area contributed by atoms with Crippen LogP contribution in [0, 0.1) is 11.7 Å². The molecule has 0 unspecified atom stereocenters. The van der Waals surface area contributed by atoms with Crippen molar-refractivity contribution in [3.05, 3.63) is 53.8 Å². The van der Waals surface area contributed by atoms with E-state index in [1.54, 1.807) is 12.1 Å². The van der Waals surface area contributed by atoms with E-state index >= 15 is 0 Å². The van der Waals surface area contributed by atoms with Gasteiger partial charge in [0.15, 0.2) is 0 Å². The molecule has 2 aromatic rings. The van der Waals surface area contributed by atoms with Gasteiger partial charge in [0.2, 0.25) is 26.0 Å². The molecule has 0 bridgehead atoms. The number of nitrogens with zero attached hydrogens (tertiary/aromatic N) is 1. The normalized spacial score (nSPS) is 18.6. The summed E-state index contributed by atoms with van der Waals surface area (Å²) in [4.78, 5) is 12.0. The molecule has 1 N–H and O–H groups in total. The first-order valence-corrected chi connectivity index (χ1v) is 12.1. The number of carbonyl (C=O) groups excluding carboxylic acids is 1. The van der Waals surface area contributed by atoms with Crippen molar-refractivity contribution in [3.63, 3.8) is 0 Å². The Morgan fingerprint density at radius 3 is 2.43 bits per heavy atom. The lowest BCUT2D eigenvalue weighted by molar-refractivity contribution is -0.119. The molecule has 1 fully saturated rings. The number of carbonyl (C=O) groups is 1. The SMILES string of the molecule is COc1ccc(N2C(=O)[C@@H](C)CS2(=O)=O)cc1S(=O)(=O)NCCc1ccc(F)cc1. The maximum Gasteiger partial charge on any atom is 0.244 e. The molecular formula is C19H21FN2O6S2. The summed E-state index contributed by atoms with van der Waals surface area (Å²) in [6.07, 6.45) is 0.317. The molecule has 11 heteroatoms. The second kappa shape index (κ2) is 8.32. The van der Waals surface area contributed by atoms with Gasteiger partial charge in [0, 0.05) is 6.54 Å². The maximum absolute atomic E-state index is 13.0. The third kappa shape index (κ3) is 4.47. The van der Waals surface area contributed by atoms with Crippen LogP contribution in [0.25, 0.3) is 0 Å². The lowest BCUT2D eigenvalue weighted by Crippen LogP contribution is -2.31. The first kappa shape index (κ1) is 22.2. The summed E-state index contributed by atoms with van der Waals surface area (Å²) >= 11 is 0. The van der Waals surface area contributed by atoms with Gasteiger partial charge < -0.3 is 4.74 Å². The molecule has 1 aliphatic rings. The Bertz CT molecular complexity index is 1160. The standard InChI is InChI=1S/C19H21FN2O6S2/c1-13-12-29(24,25)22(19(13)23)16-7-8-17(28-2)18(11-16)30(26,27)21-10-9-14-3-5-15(20)6-4-14/h3-8,11,13,21H,9-10,12H2,1-2H3/t13-/m0/s1. The summed E-state index contributed by atoms with van der Waals surface area (Å²) in [5, 5.41) is 0. The van der Waals surface area contributed by atoms with Crippen molar-refractivity contribution in [2.75, 3.05) is 23.7 Å². The van der Waals surface area contributed by atoms with Crippen molar-refractivity contribution >= 4 is 31.6 Å². The van der Waals surface area contributed by atoms with Crippen molar-refractivity contribution < 1.29 is 30.8 Å². The molecule has 1 heterocycles. The molecule has 1 amide bonds. The highest BCUT2D eigenvalue weighted by Gasteiger charge is 2.42. The number of halogens is 1. The minimum absolute atomic E-state index is 0.00474. The molecule has 0 radical (unpaired) electrons. The average Bonchev–Trinajstić information content (AvgIpc) is 2.89. The Morgan fingerprint density at radius 1 is 1.20 bits per heavy atom. The molecule has 0 aromatic heterocycles. The number of nitrogens with one attached hydrogen (secondary N) is 1. The minimum Gasteiger partial charge on any atom is -0.495 e. The highest BCUT2D eigenvalue weighted by Crippen LogP contribution is 2.33. The molecular weight excluding hydrogens is 435 g/mol. The summed E-state index contributed by atoms with van der Waals surface area (Å²) < 4.78 is 71.5. The van der Waals surface area contributed by atoms with Gasteiger partial charge in [0.1, 0.15) is 16.5 Å². The molecule has 30 heavy (non-hydrogen) atoms. The smallest absolute Gasteiger partial charge is 0.244 e. The van der Waals surface area contributed by atoms with Crippen LogP contribution < -0.4 is 13.8 Å². The van der Waals surface area contributed by atoms with E-state index in [0.717, 1.165) is 11.6 Å².